The van der Waals surface area contributed by atoms with Gasteiger partial charge in [-0.05, 0) is 44.9 Å². The van der Waals surface area contributed by atoms with Crippen LogP contribution < -0.4 is 10.6 Å². The summed E-state index contributed by atoms with van der Waals surface area (Å²) in [6.07, 6.45) is 1.08. The molecule has 0 aliphatic carbocycles. The zero-order valence-corrected chi connectivity index (χ0v) is 13.6. The van der Waals surface area contributed by atoms with Gasteiger partial charge in [0.2, 0.25) is 5.91 Å². The first-order valence-electron chi connectivity index (χ1n) is 7.83. The van der Waals surface area contributed by atoms with Gasteiger partial charge in [-0.15, -0.1) is 0 Å². The van der Waals surface area contributed by atoms with Crippen molar-refractivity contribution in [1.29, 1.82) is 0 Å². The molecular weight excluding hydrogens is 262 g/mol. The Morgan fingerprint density at radius 3 is 2.38 bits per heavy atom. The largest absolute Gasteiger partial charge is 0.324 e. The molecule has 0 saturated carbocycles. The number of carbonyl (C=O) groups is 1. The molecule has 2 N–H and O–H groups in total. The van der Waals surface area contributed by atoms with Crippen molar-refractivity contribution in [2.24, 2.45) is 0 Å². The lowest BCUT2D eigenvalue weighted by molar-refractivity contribution is -0.118. The number of hydrogen-bond acceptors (Lipinski definition) is 3. The summed E-state index contributed by atoms with van der Waals surface area (Å²) in [4.78, 5) is 14.6. The Hall–Kier alpha value is -1.39. The molecule has 0 aromatic heterocycles. The molecular formula is C17H27N3O. The molecule has 0 atom stereocenters. The van der Waals surface area contributed by atoms with Crippen molar-refractivity contribution in [1.82, 2.24) is 10.2 Å². The first-order chi connectivity index (χ1) is 10.0. The minimum absolute atomic E-state index is 0.0883. The van der Waals surface area contributed by atoms with Crippen molar-refractivity contribution in [2.45, 2.75) is 40.2 Å². The van der Waals surface area contributed by atoms with Crippen molar-refractivity contribution < 1.29 is 4.79 Å². The molecule has 2 rings (SSSR count). The fourth-order valence-corrected chi connectivity index (χ4v) is 2.95. The second-order valence-corrected chi connectivity index (χ2v) is 6.10. The molecule has 4 nitrogen and oxygen atoms in total. The number of benzene rings is 1. The van der Waals surface area contributed by atoms with Crippen molar-refractivity contribution in [2.75, 3.05) is 31.5 Å². The highest BCUT2D eigenvalue weighted by atomic mass is 16.2. The van der Waals surface area contributed by atoms with E-state index in [9.17, 15) is 4.79 Å². The van der Waals surface area contributed by atoms with Crippen LogP contribution in [0.5, 0.6) is 0 Å². The Bertz CT molecular complexity index is 486. The predicted octanol–water partition coefficient (Wildman–Crippen LogP) is 2.23. The van der Waals surface area contributed by atoms with E-state index in [4.69, 9.17) is 0 Å². The topological polar surface area (TPSA) is 44.4 Å². The van der Waals surface area contributed by atoms with E-state index < -0.39 is 0 Å². The quantitative estimate of drug-likeness (QED) is 0.844. The van der Waals surface area contributed by atoms with Gasteiger partial charge in [0, 0.05) is 24.8 Å². The second-order valence-electron chi connectivity index (χ2n) is 6.10. The van der Waals surface area contributed by atoms with Gasteiger partial charge in [-0.2, -0.15) is 0 Å². The molecule has 1 heterocycles. The summed E-state index contributed by atoms with van der Waals surface area (Å²) in [5.74, 6) is 0.0883. The SMILES string of the molecule is CCCN(CC(=O)Nc1c(C)cc(C)cc1C)C1CNC1. The van der Waals surface area contributed by atoms with E-state index >= 15 is 0 Å². The van der Waals surface area contributed by atoms with Gasteiger partial charge in [0.15, 0.2) is 0 Å². The average molecular weight is 289 g/mol. The minimum Gasteiger partial charge on any atom is -0.324 e. The number of anilines is 1. The van der Waals surface area contributed by atoms with Gasteiger partial charge in [-0.1, -0.05) is 24.6 Å². The third-order valence-corrected chi connectivity index (χ3v) is 4.08. The molecule has 0 spiro atoms. The Kier molecular flexibility index (Phi) is 5.37. The van der Waals surface area contributed by atoms with Crippen molar-refractivity contribution in [3.05, 3.63) is 28.8 Å². The monoisotopic (exact) mass is 289 g/mol. The molecule has 1 aliphatic rings. The predicted molar refractivity (Wildman–Crippen MR) is 87.8 cm³/mol. The molecule has 4 heteroatoms. The van der Waals surface area contributed by atoms with Crippen LogP contribution in [0.25, 0.3) is 0 Å². The molecule has 21 heavy (non-hydrogen) atoms. The standard InChI is InChI=1S/C17H27N3O/c1-5-6-20(15-9-18-10-15)11-16(21)19-17-13(3)7-12(2)8-14(17)4/h7-8,15,18H,5-6,9-11H2,1-4H3,(H,19,21). The number of hydrogen-bond donors (Lipinski definition) is 2. The highest BCUT2D eigenvalue weighted by Gasteiger charge is 2.25. The van der Waals surface area contributed by atoms with Gasteiger partial charge in [-0.3, -0.25) is 9.69 Å². The summed E-state index contributed by atoms with van der Waals surface area (Å²) in [5.41, 5.74) is 4.46. The lowest BCUT2D eigenvalue weighted by atomic mass is 10.0. The maximum absolute atomic E-state index is 12.4. The van der Waals surface area contributed by atoms with Gasteiger partial charge in [0.25, 0.3) is 0 Å². The Balaban J connectivity index is 2.00. The summed E-state index contributed by atoms with van der Waals surface area (Å²) < 4.78 is 0. The highest BCUT2D eigenvalue weighted by Crippen LogP contribution is 2.22. The number of rotatable bonds is 6. The third kappa shape index (κ3) is 4.05. The van der Waals surface area contributed by atoms with E-state index in [1.165, 1.54) is 5.56 Å². The number of carbonyl (C=O) groups excluding carboxylic acids is 1. The van der Waals surface area contributed by atoms with Crippen molar-refractivity contribution in [3.8, 4) is 0 Å². The first-order valence-corrected chi connectivity index (χ1v) is 7.83. The number of aryl methyl sites for hydroxylation is 3. The molecule has 0 bridgehead atoms. The van der Waals surface area contributed by atoms with E-state index in [1.807, 2.05) is 0 Å². The zero-order valence-electron chi connectivity index (χ0n) is 13.6. The van der Waals surface area contributed by atoms with E-state index in [2.05, 4.69) is 55.4 Å². The minimum atomic E-state index is 0.0883. The summed E-state index contributed by atoms with van der Waals surface area (Å²) >= 11 is 0. The van der Waals surface area contributed by atoms with Crippen LogP contribution in [0.3, 0.4) is 0 Å². The first kappa shape index (κ1) is 16.0. The highest BCUT2D eigenvalue weighted by molar-refractivity contribution is 5.93. The lowest BCUT2D eigenvalue weighted by Gasteiger charge is -2.37. The molecule has 1 aromatic carbocycles. The van der Waals surface area contributed by atoms with E-state index in [0.29, 0.717) is 12.6 Å². The Morgan fingerprint density at radius 2 is 1.90 bits per heavy atom. The van der Waals surface area contributed by atoms with Gasteiger partial charge in [0.1, 0.15) is 0 Å². The fourth-order valence-electron chi connectivity index (χ4n) is 2.95. The van der Waals surface area contributed by atoms with Gasteiger partial charge in [0.05, 0.1) is 6.54 Å². The van der Waals surface area contributed by atoms with Crippen LogP contribution in [-0.4, -0.2) is 43.0 Å². The lowest BCUT2D eigenvalue weighted by Crippen LogP contribution is -2.58. The van der Waals surface area contributed by atoms with Crippen molar-refractivity contribution in [3.63, 3.8) is 0 Å². The van der Waals surface area contributed by atoms with Crippen LogP contribution >= 0.6 is 0 Å². The van der Waals surface area contributed by atoms with Gasteiger partial charge in [-0.25, -0.2) is 0 Å². The Labute approximate surface area is 127 Å². The summed E-state index contributed by atoms with van der Waals surface area (Å²) in [7, 11) is 0. The normalized spacial score (nSPS) is 15.1. The van der Waals surface area contributed by atoms with Crippen LogP contribution in [-0.2, 0) is 4.79 Å². The second kappa shape index (κ2) is 7.05. The van der Waals surface area contributed by atoms with Crippen LogP contribution in [0.4, 0.5) is 5.69 Å². The van der Waals surface area contributed by atoms with E-state index in [-0.39, 0.29) is 5.91 Å². The molecule has 1 aromatic rings. The maximum atomic E-state index is 12.4. The van der Waals surface area contributed by atoms with Crippen LogP contribution in [0.15, 0.2) is 12.1 Å². The number of amides is 1. The number of nitrogens with one attached hydrogen (secondary N) is 2. The molecule has 1 fully saturated rings. The molecule has 116 valence electrons. The molecule has 0 unspecified atom stereocenters. The van der Waals surface area contributed by atoms with E-state index in [1.54, 1.807) is 0 Å². The average Bonchev–Trinajstić information content (AvgIpc) is 2.31. The zero-order chi connectivity index (χ0) is 15.4. The molecule has 0 radical (unpaired) electrons. The molecule has 1 saturated heterocycles. The molecule has 1 amide bonds. The summed E-state index contributed by atoms with van der Waals surface area (Å²) in [5, 5.41) is 6.37. The summed E-state index contributed by atoms with van der Waals surface area (Å²) in [6.45, 7) is 11.8. The Morgan fingerprint density at radius 1 is 1.29 bits per heavy atom. The van der Waals surface area contributed by atoms with Crippen LogP contribution in [0.2, 0.25) is 0 Å². The molecule has 1 aliphatic heterocycles. The van der Waals surface area contributed by atoms with Crippen LogP contribution in [0, 0.1) is 20.8 Å². The smallest absolute Gasteiger partial charge is 0.238 e. The summed E-state index contributed by atoms with van der Waals surface area (Å²) in [6, 6.07) is 4.74. The number of nitrogens with zero attached hydrogens (tertiary/aromatic N) is 1. The maximum Gasteiger partial charge on any atom is 0.238 e. The van der Waals surface area contributed by atoms with Gasteiger partial charge < -0.3 is 10.6 Å². The van der Waals surface area contributed by atoms with Crippen LogP contribution in [0.1, 0.15) is 30.0 Å². The van der Waals surface area contributed by atoms with E-state index in [0.717, 1.165) is 42.9 Å². The fraction of sp³-hybridized carbons (Fsp3) is 0.588. The third-order valence-electron chi connectivity index (χ3n) is 4.08. The van der Waals surface area contributed by atoms with Gasteiger partial charge >= 0.3 is 0 Å². The van der Waals surface area contributed by atoms with Crippen molar-refractivity contribution >= 4 is 11.6 Å².